The second-order valence-electron chi connectivity index (χ2n) is 6.15. The van der Waals surface area contributed by atoms with E-state index in [-0.39, 0.29) is 22.4 Å². The molecule has 0 spiro atoms. The van der Waals surface area contributed by atoms with Crippen LogP contribution in [0.2, 0.25) is 10.0 Å². The van der Waals surface area contributed by atoms with Crippen molar-refractivity contribution in [2.75, 3.05) is 0 Å². The molecule has 0 amide bonds. The Labute approximate surface area is 160 Å². The zero-order valence-electron chi connectivity index (χ0n) is 14.6. The molecule has 26 heavy (non-hydrogen) atoms. The number of carbonyl (C=O) groups is 1. The van der Waals surface area contributed by atoms with Crippen LogP contribution in [0.15, 0.2) is 41.3 Å². The summed E-state index contributed by atoms with van der Waals surface area (Å²) in [6.07, 6.45) is 1.26. The lowest BCUT2D eigenvalue weighted by Crippen LogP contribution is -2.27. The number of aryl methyl sites for hydroxylation is 2. The highest BCUT2D eigenvalue weighted by atomic mass is 35.5. The SMILES string of the molecule is Cc1ccc(-n2c(C)cc(C(=O)Cn3ncc(Cl)c(Cl)c3=O)c2C)cc1. The lowest BCUT2D eigenvalue weighted by atomic mass is 10.1. The molecule has 0 radical (unpaired) electrons. The van der Waals surface area contributed by atoms with Gasteiger partial charge in [0.2, 0.25) is 0 Å². The van der Waals surface area contributed by atoms with Crippen LogP contribution in [-0.2, 0) is 6.54 Å². The second kappa shape index (κ2) is 7.09. The summed E-state index contributed by atoms with van der Waals surface area (Å²) in [7, 11) is 0. The normalized spacial score (nSPS) is 11.0. The highest BCUT2D eigenvalue weighted by molar-refractivity contribution is 6.41. The number of aromatic nitrogens is 3. The first kappa shape index (κ1) is 18.4. The number of rotatable bonds is 4. The first-order chi connectivity index (χ1) is 12.3. The van der Waals surface area contributed by atoms with Crippen molar-refractivity contribution < 1.29 is 4.79 Å². The molecule has 0 saturated carbocycles. The van der Waals surface area contributed by atoms with E-state index in [2.05, 4.69) is 5.10 Å². The molecular weight excluding hydrogens is 373 g/mol. The van der Waals surface area contributed by atoms with E-state index >= 15 is 0 Å². The third-order valence-corrected chi connectivity index (χ3v) is 5.01. The van der Waals surface area contributed by atoms with Gasteiger partial charge in [0.05, 0.1) is 11.2 Å². The largest absolute Gasteiger partial charge is 0.318 e. The molecule has 0 aliphatic rings. The number of nitrogens with zero attached hydrogens (tertiary/aromatic N) is 3. The first-order valence-electron chi connectivity index (χ1n) is 8.00. The number of Topliss-reactive ketones (excluding diaryl/α,β-unsaturated/α-hetero) is 1. The molecule has 0 atom stereocenters. The van der Waals surface area contributed by atoms with Crippen molar-refractivity contribution in [2.45, 2.75) is 27.3 Å². The molecule has 0 aliphatic carbocycles. The van der Waals surface area contributed by atoms with Crippen molar-refractivity contribution in [3.63, 3.8) is 0 Å². The molecule has 0 saturated heterocycles. The topological polar surface area (TPSA) is 56.9 Å². The molecule has 5 nitrogen and oxygen atoms in total. The standard InChI is InChI=1S/C19H17Cl2N3O2/c1-11-4-6-14(7-5-11)24-12(2)8-15(13(24)3)17(25)10-23-19(26)18(21)16(20)9-22-23/h4-9H,10H2,1-3H3. The smallest absolute Gasteiger partial charge is 0.287 e. The van der Waals surface area contributed by atoms with E-state index in [1.54, 1.807) is 0 Å². The van der Waals surface area contributed by atoms with Crippen molar-refractivity contribution in [1.29, 1.82) is 0 Å². The van der Waals surface area contributed by atoms with E-state index < -0.39 is 5.56 Å². The molecule has 134 valence electrons. The van der Waals surface area contributed by atoms with Gasteiger partial charge in [0.15, 0.2) is 5.78 Å². The van der Waals surface area contributed by atoms with Crippen molar-refractivity contribution in [3.8, 4) is 5.69 Å². The van der Waals surface area contributed by atoms with Crippen LogP contribution >= 0.6 is 23.2 Å². The van der Waals surface area contributed by atoms with Gasteiger partial charge in [-0.2, -0.15) is 5.10 Å². The fraction of sp³-hybridized carbons (Fsp3) is 0.211. The summed E-state index contributed by atoms with van der Waals surface area (Å²) in [6.45, 7) is 5.64. The van der Waals surface area contributed by atoms with Gasteiger partial charge in [0.1, 0.15) is 11.6 Å². The molecule has 7 heteroatoms. The Bertz CT molecular complexity index is 1050. The molecule has 0 aliphatic heterocycles. The van der Waals surface area contributed by atoms with E-state index in [1.807, 2.05) is 55.7 Å². The Morgan fingerprint density at radius 1 is 1.12 bits per heavy atom. The van der Waals surface area contributed by atoms with Gasteiger partial charge >= 0.3 is 0 Å². The first-order valence-corrected chi connectivity index (χ1v) is 8.75. The van der Waals surface area contributed by atoms with Crippen LogP contribution in [0.3, 0.4) is 0 Å². The monoisotopic (exact) mass is 389 g/mol. The van der Waals surface area contributed by atoms with Crippen LogP contribution in [0.4, 0.5) is 0 Å². The summed E-state index contributed by atoms with van der Waals surface area (Å²) in [5, 5.41) is 3.82. The average Bonchev–Trinajstić information content (AvgIpc) is 2.91. The lowest BCUT2D eigenvalue weighted by molar-refractivity contribution is 0.0965. The van der Waals surface area contributed by atoms with Gasteiger partial charge < -0.3 is 4.57 Å². The van der Waals surface area contributed by atoms with Gasteiger partial charge in [-0.15, -0.1) is 0 Å². The van der Waals surface area contributed by atoms with E-state index in [9.17, 15) is 9.59 Å². The number of ketones is 1. The van der Waals surface area contributed by atoms with E-state index in [0.29, 0.717) is 5.56 Å². The average molecular weight is 390 g/mol. The summed E-state index contributed by atoms with van der Waals surface area (Å²) in [4.78, 5) is 24.8. The number of hydrogen-bond donors (Lipinski definition) is 0. The molecule has 0 N–H and O–H groups in total. The maximum absolute atomic E-state index is 12.7. The minimum atomic E-state index is -0.583. The second-order valence-corrected chi connectivity index (χ2v) is 6.93. The Hall–Kier alpha value is -2.37. The Kier molecular flexibility index (Phi) is 5.03. The van der Waals surface area contributed by atoms with Gasteiger partial charge in [-0.1, -0.05) is 40.9 Å². The number of halogens is 2. The molecular formula is C19H17Cl2N3O2. The van der Waals surface area contributed by atoms with Crippen LogP contribution < -0.4 is 5.56 Å². The molecule has 3 rings (SSSR count). The van der Waals surface area contributed by atoms with Crippen molar-refractivity contribution in [2.24, 2.45) is 0 Å². The zero-order valence-corrected chi connectivity index (χ0v) is 16.1. The van der Waals surface area contributed by atoms with Crippen LogP contribution in [0.25, 0.3) is 5.69 Å². The third-order valence-electron chi connectivity index (χ3n) is 4.26. The van der Waals surface area contributed by atoms with Crippen LogP contribution in [0.1, 0.15) is 27.3 Å². The predicted molar refractivity (Wildman–Crippen MR) is 103 cm³/mol. The highest BCUT2D eigenvalue weighted by Crippen LogP contribution is 2.22. The highest BCUT2D eigenvalue weighted by Gasteiger charge is 2.18. The summed E-state index contributed by atoms with van der Waals surface area (Å²) >= 11 is 11.6. The number of hydrogen-bond acceptors (Lipinski definition) is 3. The minimum absolute atomic E-state index is 0.0675. The zero-order chi connectivity index (χ0) is 19.0. The summed E-state index contributed by atoms with van der Waals surface area (Å²) in [5.41, 5.74) is 3.85. The maximum atomic E-state index is 12.7. The quantitative estimate of drug-likeness (QED) is 0.629. The Morgan fingerprint density at radius 3 is 2.42 bits per heavy atom. The van der Waals surface area contributed by atoms with Gasteiger partial charge in [-0.05, 0) is 39.0 Å². The van der Waals surface area contributed by atoms with E-state index in [4.69, 9.17) is 23.2 Å². The molecule has 0 fully saturated rings. The maximum Gasteiger partial charge on any atom is 0.287 e. The summed E-state index contributed by atoms with van der Waals surface area (Å²) < 4.78 is 3.03. The lowest BCUT2D eigenvalue weighted by Gasteiger charge is -2.10. The molecule has 0 bridgehead atoms. The van der Waals surface area contributed by atoms with E-state index in [1.165, 1.54) is 6.20 Å². The third kappa shape index (κ3) is 3.32. The van der Waals surface area contributed by atoms with Gasteiger partial charge in [-0.25, -0.2) is 4.68 Å². The van der Waals surface area contributed by atoms with Gasteiger partial charge in [-0.3, -0.25) is 9.59 Å². The molecule has 2 heterocycles. The fourth-order valence-corrected chi connectivity index (χ4v) is 3.19. The van der Waals surface area contributed by atoms with Crippen LogP contribution in [0.5, 0.6) is 0 Å². The van der Waals surface area contributed by atoms with Crippen LogP contribution in [-0.4, -0.2) is 20.1 Å². The van der Waals surface area contributed by atoms with Gasteiger partial charge in [0, 0.05) is 22.6 Å². The summed E-state index contributed by atoms with van der Waals surface area (Å²) in [5.74, 6) is -0.218. The van der Waals surface area contributed by atoms with Crippen LogP contribution in [0, 0.1) is 20.8 Å². The summed E-state index contributed by atoms with van der Waals surface area (Å²) in [6, 6.07) is 9.88. The number of carbonyl (C=O) groups excluding carboxylic acids is 1. The van der Waals surface area contributed by atoms with Crippen molar-refractivity contribution >= 4 is 29.0 Å². The van der Waals surface area contributed by atoms with E-state index in [0.717, 1.165) is 27.3 Å². The number of benzene rings is 1. The molecule has 1 aromatic carbocycles. The van der Waals surface area contributed by atoms with Crippen molar-refractivity contribution in [3.05, 3.63) is 79.4 Å². The Balaban J connectivity index is 1.97. The van der Waals surface area contributed by atoms with Crippen molar-refractivity contribution in [1.82, 2.24) is 14.3 Å². The minimum Gasteiger partial charge on any atom is -0.318 e. The Morgan fingerprint density at radius 2 is 1.77 bits per heavy atom. The molecule has 3 aromatic rings. The molecule has 0 unspecified atom stereocenters. The molecule has 2 aromatic heterocycles. The fourth-order valence-electron chi connectivity index (χ4n) is 2.92. The predicted octanol–water partition coefficient (Wildman–Crippen LogP) is 4.15. The van der Waals surface area contributed by atoms with Gasteiger partial charge in [0.25, 0.3) is 5.56 Å².